The lowest BCUT2D eigenvalue weighted by atomic mass is 10.1. The molecule has 0 spiro atoms. The molecule has 0 radical (unpaired) electrons. The van der Waals surface area contributed by atoms with Crippen LogP contribution in [0.3, 0.4) is 0 Å². The van der Waals surface area contributed by atoms with E-state index in [0.29, 0.717) is 5.56 Å². The standard InChI is InChI=1S/C14H10N2O2/c17-14(18)11-5-3-4-10(8-11)12-9-16-7-2-1-6-13(16)15-12/h1-9H,(H,17,18)/p+1. The van der Waals surface area contributed by atoms with Crippen molar-refractivity contribution >= 4 is 11.6 Å². The van der Waals surface area contributed by atoms with Gasteiger partial charge >= 0.3 is 5.97 Å². The summed E-state index contributed by atoms with van der Waals surface area (Å²) in [5.41, 5.74) is 2.88. The summed E-state index contributed by atoms with van der Waals surface area (Å²) in [4.78, 5) is 15.5. The first kappa shape index (κ1) is 10.5. The maximum atomic E-state index is 11.0. The number of fused-ring (bicyclic) bond motifs is 1. The first-order chi connectivity index (χ1) is 8.74. The van der Waals surface area contributed by atoms with E-state index < -0.39 is 5.97 Å². The normalized spacial score (nSPS) is 10.7. The molecule has 3 rings (SSSR count). The third kappa shape index (κ3) is 1.73. The van der Waals surface area contributed by atoms with Gasteiger partial charge in [0.05, 0.1) is 5.69 Å². The Morgan fingerprint density at radius 1 is 1.17 bits per heavy atom. The van der Waals surface area contributed by atoms with Crippen molar-refractivity contribution in [1.82, 2.24) is 9.38 Å². The van der Waals surface area contributed by atoms with Crippen molar-refractivity contribution in [3.8, 4) is 11.3 Å². The number of carbonyl (C=O) groups excluding carboxylic acids is 1. The van der Waals surface area contributed by atoms with Crippen LogP contribution in [0.2, 0.25) is 0 Å². The molecule has 4 nitrogen and oxygen atoms in total. The highest BCUT2D eigenvalue weighted by Crippen LogP contribution is 2.20. The molecule has 0 bridgehead atoms. The van der Waals surface area contributed by atoms with Crippen LogP contribution in [0, 0.1) is 0 Å². The summed E-state index contributed by atoms with van der Waals surface area (Å²) < 4.78 is 1.92. The molecule has 4 heteroatoms. The summed E-state index contributed by atoms with van der Waals surface area (Å²) in [5, 5.41) is 7.12. The molecule has 2 heterocycles. The minimum atomic E-state index is -0.680. The van der Waals surface area contributed by atoms with Gasteiger partial charge in [-0.1, -0.05) is 18.2 Å². The number of carbonyl (C=O) groups is 1. The number of aromatic nitrogens is 2. The lowest BCUT2D eigenvalue weighted by molar-refractivity contribution is 0.0697. The maximum Gasteiger partial charge on any atom is 0.549 e. The van der Waals surface area contributed by atoms with E-state index in [1.54, 1.807) is 18.2 Å². The van der Waals surface area contributed by atoms with Crippen LogP contribution in [0.4, 0.5) is 0 Å². The van der Waals surface area contributed by atoms with Crippen LogP contribution in [0.1, 0.15) is 10.4 Å². The van der Waals surface area contributed by atoms with Crippen molar-refractivity contribution in [3.05, 3.63) is 60.4 Å². The Kier molecular flexibility index (Phi) is 2.34. The van der Waals surface area contributed by atoms with Crippen molar-refractivity contribution in [2.45, 2.75) is 0 Å². The second-order valence-electron chi connectivity index (χ2n) is 4.00. The van der Waals surface area contributed by atoms with Gasteiger partial charge in [0, 0.05) is 22.8 Å². The summed E-state index contributed by atoms with van der Waals surface area (Å²) in [6.07, 6.45) is 3.83. The minimum Gasteiger partial charge on any atom is -0.561 e. The smallest absolute Gasteiger partial charge is 0.549 e. The topological polar surface area (TPSA) is 57.3 Å². The fourth-order valence-electron chi connectivity index (χ4n) is 1.89. The Labute approximate surface area is 103 Å². The number of rotatable bonds is 2. The van der Waals surface area contributed by atoms with Crippen molar-refractivity contribution in [2.24, 2.45) is 0 Å². The molecular weight excluding hydrogens is 228 g/mol. The Hall–Kier alpha value is -2.62. The number of benzene rings is 1. The van der Waals surface area contributed by atoms with Crippen LogP contribution in [0.15, 0.2) is 54.9 Å². The fraction of sp³-hybridized carbons (Fsp3) is 0. The maximum absolute atomic E-state index is 11.0. The Morgan fingerprint density at radius 2 is 2.06 bits per heavy atom. The average molecular weight is 239 g/mol. The first-order valence-electron chi connectivity index (χ1n) is 5.54. The second kappa shape index (κ2) is 4.00. The molecule has 0 aliphatic rings. The summed E-state index contributed by atoms with van der Waals surface area (Å²) in [7, 11) is 0. The van der Waals surface area contributed by atoms with E-state index in [9.17, 15) is 4.79 Å². The number of hydrogen-bond donors (Lipinski definition) is 0. The van der Waals surface area contributed by atoms with Crippen LogP contribution in [-0.2, 0) is 0 Å². The minimum absolute atomic E-state index is 0.379. The molecule has 2 aromatic heterocycles. The Bertz CT molecular complexity index is 698. The molecule has 0 unspecified atom stereocenters. The number of hydrogen-bond acceptors (Lipinski definition) is 2. The SMILES string of the molecule is O=C([OH2+])c1cccc(-c2cn3ccccc3n2)c1. The van der Waals surface area contributed by atoms with Gasteiger partial charge in [0.15, 0.2) is 0 Å². The van der Waals surface area contributed by atoms with E-state index in [1.807, 2.05) is 41.1 Å². The van der Waals surface area contributed by atoms with E-state index in [-0.39, 0.29) is 0 Å². The summed E-state index contributed by atoms with van der Waals surface area (Å²) in [5.74, 6) is -0.680. The lowest BCUT2D eigenvalue weighted by Crippen LogP contribution is -1.95. The highest BCUT2D eigenvalue weighted by atomic mass is 16.4. The molecule has 0 saturated carbocycles. The third-order valence-corrected chi connectivity index (χ3v) is 2.78. The van der Waals surface area contributed by atoms with Gasteiger partial charge in [0.1, 0.15) is 11.2 Å². The largest absolute Gasteiger partial charge is 0.561 e. The van der Waals surface area contributed by atoms with Gasteiger partial charge in [-0.25, -0.2) is 4.98 Å². The quantitative estimate of drug-likeness (QED) is 0.641. The number of nitrogens with zero attached hydrogens (tertiary/aromatic N) is 2. The molecule has 3 aromatic rings. The molecule has 0 atom stereocenters. The molecule has 88 valence electrons. The number of pyridine rings is 1. The molecular formula is C14H11N2O2+. The molecule has 2 N–H and O–H groups in total. The van der Waals surface area contributed by atoms with Crippen LogP contribution >= 0.6 is 0 Å². The van der Waals surface area contributed by atoms with Gasteiger partial charge in [0.25, 0.3) is 0 Å². The summed E-state index contributed by atoms with van der Waals surface area (Å²) in [6, 6.07) is 12.8. The van der Waals surface area contributed by atoms with Crippen molar-refractivity contribution < 1.29 is 9.90 Å². The number of imidazole rings is 1. The molecule has 18 heavy (non-hydrogen) atoms. The van der Waals surface area contributed by atoms with Crippen LogP contribution in [-0.4, -0.2) is 20.5 Å². The second-order valence-corrected chi connectivity index (χ2v) is 4.00. The molecule has 0 aliphatic carbocycles. The van der Waals surface area contributed by atoms with Crippen LogP contribution in [0.25, 0.3) is 16.9 Å². The monoisotopic (exact) mass is 239 g/mol. The fourth-order valence-corrected chi connectivity index (χ4v) is 1.89. The van der Waals surface area contributed by atoms with E-state index in [4.69, 9.17) is 5.11 Å². The highest BCUT2D eigenvalue weighted by Gasteiger charge is 2.12. The first-order valence-corrected chi connectivity index (χ1v) is 5.54. The highest BCUT2D eigenvalue weighted by molar-refractivity contribution is 5.89. The van der Waals surface area contributed by atoms with E-state index >= 15 is 0 Å². The molecule has 0 amide bonds. The van der Waals surface area contributed by atoms with Crippen molar-refractivity contribution in [3.63, 3.8) is 0 Å². The zero-order chi connectivity index (χ0) is 12.5. The van der Waals surface area contributed by atoms with Crippen molar-refractivity contribution in [1.29, 1.82) is 0 Å². The van der Waals surface area contributed by atoms with Crippen molar-refractivity contribution in [2.75, 3.05) is 0 Å². The van der Waals surface area contributed by atoms with Gasteiger partial charge < -0.3 is 9.51 Å². The van der Waals surface area contributed by atoms with Gasteiger partial charge in [-0.3, -0.25) is 0 Å². The van der Waals surface area contributed by atoms with Crippen LogP contribution in [0.5, 0.6) is 0 Å². The molecule has 0 saturated heterocycles. The summed E-state index contributed by atoms with van der Waals surface area (Å²) in [6.45, 7) is 0. The average Bonchev–Trinajstić information content (AvgIpc) is 2.82. The van der Waals surface area contributed by atoms with E-state index in [1.165, 1.54) is 0 Å². The van der Waals surface area contributed by atoms with E-state index in [2.05, 4.69) is 4.98 Å². The van der Waals surface area contributed by atoms with Crippen LogP contribution < -0.4 is 0 Å². The predicted molar refractivity (Wildman–Crippen MR) is 68.6 cm³/mol. The summed E-state index contributed by atoms with van der Waals surface area (Å²) >= 11 is 0. The zero-order valence-corrected chi connectivity index (χ0v) is 9.50. The van der Waals surface area contributed by atoms with Gasteiger partial charge in [-0.2, -0.15) is 0 Å². The van der Waals surface area contributed by atoms with E-state index in [0.717, 1.165) is 16.9 Å². The third-order valence-electron chi connectivity index (χ3n) is 2.78. The lowest BCUT2D eigenvalue weighted by Gasteiger charge is -1.95. The van der Waals surface area contributed by atoms with Gasteiger partial charge in [-0.15, -0.1) is 0 Å². The predicted octanol–water partition coefficient (Wildman–Crippen LogP) is 1.87. The Balaban J connectivity index is 2.13. The Morgan fingerprint density at radius 3 is 2.83 bits per heavy atom. The molecule has 1 aromatic carbocycles. The zero-order valence-electron chi connectivity index (χ0n) is 9.50. The molecule has 0 aliphatic heterocycles. The van der Waals surface area contributed by atoms with Gasteiger partial charge in [0.2, 0.25) is 0 Å². The molecule has 0 fully saturated rings. The van der Waals surface area contributed by atoms with Gasteiger partial charge in [-0.05, 0) is 24.3 Å².